The molecule has 0 aliphatic carbocycles. The van der Waals surface area contributed by atoms with Gasteiger partial charge in [-0.15, -0.1) is 0 Å². The van der Waals surface area contributed by atoms with Gasteiger partial charge in [-0.3, -0.25) is 0 Å². The fourth-order valence-corrected chi connectivity index (χ4v) is 4.34. The van der Waals surface area contributed by atoms with Gasteiger partial charge in [0.1, 0.15) is 11.5 Å². The molecular formula is C24H24N2O4S2. The molecule has 4 aromatic rings. The molecule has 0 N–H and O–H groups in total. The van der Waals surface area contributed by atoms with Crippen molar-refractivity contribution in [2.24, 2.45) is 0 Å². The van der Waals surface area contributed by atoms with E-state index in [4.69, 9.17) is 8.37 Å². The quantitative estimate of drug-likeness (QED) is 0.395. The molecule has 0 amide bonds. The maximum absolute atomic E-state index is 12.6. The summed E-state index contributed by atoms with van der Waals surface area (Å²) in [6, 6.07) is 23.3. The monoisotopic (exact) mass is 468 g/mol. The predicted octanol–water partition coefficient (Wildman–Crippen LogP) is 4.70. The van der Waals surface area contributed by atoms with Gasteiger partial charge >= 0.3 is 0 Å². The molecule has 0 aromatic heterocycles. The average molecular weight is 469 g/mol. The maximum Gasteiger partial charge on any atom is 0.290 e. The number of fused-ring (bicyclic) bond motifs is 2. The lowest BCUT2D eigenvalue weighted by Crippen LogP contribution is -2.21. The van der Waals surface area contributed by atoms with E-state index in [-0.39, 0.29) is 0 Å². The van der Waals surface area contributed by atoms with Crippen LogP contribution in [0.15, 0.2) is 72.8 Å². The van der Waals surface area contributed by atoms with Crippen LogP contribution in [0.3, 0.4) is 0 Å². The van der Waals surface area contributed by atoms with Crippen LogP contribution in [0.5, 0.6) is 11.5 Å². The van der Waals surface area contributed by atoms with E-state index < -0.39 is 22.5 Å². The molecule has 2 unspecified atom stereocenters. The van der Waals surface area contributed by atoms with E-state index in [2.05, 4.69) is 0 Å². The molecule has 0 aliphatic rings. The number of nitrogens with zero attached hydrogens (tertiary/aromatic N) is 2. The summed E-state index contributed by atoms with van der Waals surface area (Å²) in [4.78, 5) is 0. The third-order valence-corrected chi connectivity index (χ3v) is 6.79. The van der Waals surface area contributed by atoms with Crippen molar-refractivity contribution in [1.82, 2.24) is 8.61 Å². The second kappa shape index (κ2) is 9.38. The molecule has 0 heterocycles. The Hall–Kier alpha value is -2.78. The fraction of sp³-hybridized carbons (Fsp3) is 0.167. The third kappa shape index (κ3) is 4.40. The van der Waals surface area contributed by atoms with Gasteiger partial charge in [-0.05, 0) is 33.7 Å². The van der Waals surface area contributed by atoms with Crippen LogP contribution in [0.1, 0.15) is 0 Å². The lowest BCUT2D eigenvalue weighted by molar-refractivity contribution is 0.490. The van der Waals surface area contributed by atoms with Crippen molar-refractivity contribution in [3.05, 3.63) is 72.8 Å². The minimum absolute atomic E-state index is 0.451. The molecule has 0 saturated heterocycles. The lowest BCUT2D eigenvalue weighted by Gasteiger charge is -2.20. The van der Waals surface area contributed by atoms with Gasteiger partial charge in [0.25, 0.3) is 22.5 Å². The molecule has 8 heteroatoms. The van der Waals surface area contributed by atoms with Gasteiger partial charge in [0.05, 0.1) is 0 Å². The van der Waals surface area contributed by atoms with Crippen molar-refractivity contribution in [2.75, 3.05) is 28.2 Å². The smallest absolute Gasteiger partial charge is 0.290 e. The normalized spacial score (nSPS) is 13.6. The highest BCUT2D eigenvalue weighted by atomic mass is 32.2. The fourth-order valence-electron chi connectivity index (χ4n) is 3.46. The van der Waals surface area contributed by atoms with Crippen molar-refractivity contribution in [2.45, 2.75) is 0 Å². The van der Waals surface area contributed by atoms with E-state index in [0.717, 1.165) is 32.7 Å². The van der Waals surface area contributed by atoms with Crippen LogP contribution >= 0.6 is 0 Å². The zero-order valence-electron chi connectivity index (χ0n) is 18.3. The van der Waals surface area contributed by atoms with Crippen LogP contribution in [-0.4, -0.2) is 45.2 Å². The molecule has 2 atom stereocenters. The molecule has 0 saturated carbocycles. The largest absolute Gasteiger partial charge is 0.388 e. The summed E-state index contributed by atoms with van der Waals surface area (Å²) in [5.41, 5.74) is 1.47. The molecule has 6 nitrogen and oxygen atoms in total. The van der Waals surface area contributed by atoms with Crippen molar-refractivity contribution >= 4 is 44.1 Å². The second-order valence-electron chi connectivity index (χ2n) is 7.55. The van der Waals surface area contributed by atoms with Gasteiger partial charge in [0.15, 0.2) is 0 Å². The van der Waals surface area contributed by atoms with E-state index in [9.17, 15) is 8.42 Å². The van der Waals surface area contributed by atoms with E-state index in [1.54, 1.807) is 28.2 Å². The van der Waals surface area contributed by atoms with Crippen LogP contribution < -0.4 is 8.37 Å². The van der Waals surface area contributed by atoms with Crippen molar-refractivity contribution in [3.8, 4) is 22.6 Å². The Bertz CT molecular complexity index is 1240. The van der Waals surface area contributed by atoms with Gasteiger partial charge in [0, 0.05) is 39.3 Å². The van der Waals surface area contributed by atoms with Crippen LogP contribution in [0.4, 0.5) is 0 Å². The van der Waals surface area contributed by atoms with Crippen LogP contribution in [0, 0.1) is 0 Å². The Kier molecular flexibility index (Phi) is 6.57. The van der Waals surface area contributed by atoms with Gasteiger partial charge in [-0.1, -0.05) is 60.7 Å². The molecule has 4 rings (SSSR count). The number of hydrogen-bond acceptors (Lipinski definition) is 4. The second-order valence-corrected chi connectivity index (χ2v) is 10.2. The highest BCUT2D eigenvalue weighted by Crippen LogP contribution is 2.45. The Morgan fingerprint density at radius 3 is 1.31 bits per heavy atom. The number of benzene rings is 4. The highest BCUT2D eigenvalue weighted by molar-refractivity contribution is 7.78. The van der Waals surface area contributed by atoms with Crippen LogP contribution in [0.25, 0.3) is 32.7 Å². The lowest BCUT2D eigenvalue weighted by atomic mass is 9.92. The molecule has 0 radical (unpaired) electrons. The Morgan fingerprint density at radius 2 is 0.938 bits per heavy atom. The summed E-state index contributed by atoms with van der Waals surface area (Å²) < 4.78 is 39.9. The van der Waals surface area contributed by atoms with Gasteiger partial charge < -0.3 is 8.37 Å². The predicted molar refractivity (Wildman–Crippen MR) is 132 cm³/mol. The van der Waals surface area contributed by atoms with Crippen LogP contribution in [0.2, 0.25) is 0 Å². The number of hydrogen-bond donors (Lipinski definition) is 0. The first-order valence-corrected chi connectivity index (χ1v) is 12.0. The van der Waals surface area contributed by atoms with Gasteiger partial charge in [0.2, 0.25) is 0 Å². The molecule has 0 fully saturated rings. The first kappa shape index (κ1) is 22.4. The van der Waals surface area contributed by atoms with Crippen molar-refractivity contribution < 1.29 is 16.8 Å². The molecule has 0 aliphatic heterocycles. The van der Waals surface area contributed by atoms with Crippen molar-refractivity contribution in [1.29, 1.82) is 0 Å². The molecule has 4 aromatic carbocycles. The highest BCUT2D eigenvalue weighted by Gasteiger charge is 2.22. The summed E-state index contributed by atoms with van der Waals surface area (Å²) in [7, 11) is 6.74. The van der Waals surface area contributed by atoms with Crippen molar-refractivity contribution in [3.63, 3.8) is 0 Å². The average Bonchev–Trinajstić information content (AvgIpc) is 2.79. The SMILES string of the molecule is CN(C)S(=O)Oc1ccc2ccccc2c1-c1c(OS(=O)N(C)C)ccc2ccccc12. The summed E-state index contributed by atoms with van der Waals surface area (Å²) in [6.07, 6.45) is 0. The van der Waals surface area contributed by atoms with Gasteiger partial charge in [-0.25, -0.2) is 0 Å². The standard InChI is InChI=1S/C24H24N2O4S2/c1-25(2)31(27)29-21-15-13-17-9-5-7-11-19(17)23(21)24-20-12-8-6-10-18(20)14-16-22(24)30-32(28)26(3)4/h5-16H,1-4H3. The molecule has 166 valence electrons. The topological polar surface area (TPSA) is 59.1 Å². The maximum atomic E-state index is 12.6. The Balaban J connectivity index is 2.07. The summed E-state index contributed by atoms with van der Waals surface area (Å²) in [5.74, 6) is 0.903. The van der Waals surface area contributed by atoms with E-state index >= 15 is 0 Å². The third-order valence-electron chi connectivity index (χ3n) is 4.95. The first-order valence-electron chi connectivity index (χ1n) is 9.95. The molecule has 0 spiro atoms. The minimum atomic E-state index is -1.68. The number of rotatable bonds is 7. The van der Waals surface area contributed by atoms with Gasteiger partial charge in [-0.2, -0.15) is 17.0 Å². The van der Waals surface area contributed by atoms with E-state index in [1.807, 2.05) is 72.8 Å². The zero-order valence-corrected chi connectivity index (χ0v) is 19.9. The zero-order chi connectivity index (χ0) is 22.8. The minimum Gasteiger partial charge on any atom is -0.388 e. The first-order chi connectivity index (χ1) is 15.4. The molecular weight excluding hydrogens is 444 g/mol. The van der Waals surface area contributed by atoms with Crippen LogP contribution in [-0.2, 0) is 22.5 Å². The molecule has 0 bridgehead atoms. The molecule has 32 heavy (non-hydrogen) atoms. The summed E-state index contributed by atoms with van der Waals surface area (Å²) >= 11 is -3.37. The Morgan fingerprint density at radius 1 is 0.562 bits per heavy atom. The van der Waals surface area contributed by atoms with E-state index in [0.29, 0.717) is 11.5 Å². The summed E-state index contributed by atoms with van der Waals surface area (Å²) in [5, 5.41) is 3.83. The summed E-state index contributed by atoms with van der Waals surface area (Å²) in [6.45, 7) is 0. The van der Waals surface area contributed by atoms with E-state index in [1.165, 1.54) is 8.61 Å². The Labute approximate surface area is 192 Å².